The lowest BCUT2D eigenvalue weighted by atomic mass is 10.2. The van der Waals surface area contributed by atoms with Crippen LogP contribution < -0.4 is 15.5 Å². The van der Waals surface area contributed by atoms with Gasteiger partial charge in [0.05, 0.1) is 18.2 Å². The van der Waals surface area contributed by atoms with E-state index in [9.17, 15) is 19.7 Å². The molecule has 134 valence electrons. The van der Waals surface area contributed by atoms with Crippen LogP contribution in [0.15, 0.2) is 47.8 Å². The molecule has 0 bridgehead atoms. The highest BCUT2D eigenvalue weighted by molar-refractivity contribution is 6.35. The SMILES string of the molecule is COc1ccc(/C=N\NC(=O)C(=O)NCc2ccncc2)cc1[N+](=O)[O-]. The third-order valence-electron chi connectivity index (χ3n) is 3.19. The summed E-state index contributed by atoms with van der Waals surface area (Å²) in [6.45, 7) is 0.170. The highest BCUT2D eigenvalue weighted by Crippen LogP contribution is 2.26. The van der Waals surface area contributed by atoms with Crippen molar-refractivity contribution in [1.82, 2.24) is 15.7 Å². The summed E-state index contributed by atoms with van der Waals surface area (Å²) in [5.74, 6) is -1.72. The van der Waals surface area contributed by atoms with Crippen molar-refractivity contribution in [2.75, 3.05) is 7.11 Å². The molecule has 0 aliphatic carbocycles. The Labute approximate surface area is 148 Å². The van der Waals surface area contributed by atoms with Crippen LogP contribution in [0.4, 0.5) is 5.69 Å². The normalized spacial score (nSPS) is 10.3. The Morgan fingerprint density at radius 3 is 2.65 bits per heavy atom. The van der Waals surface area contributed by atoms with Crippen molar-refractivity contribution in [2.24, 2.45) is 5.10 Å². The van der Waals surface area contributed by atoms with Crippen LogP contribution in [0.2, 0.25) is 0 Å². The number of carbonyl (C=O) groups is 2. The van der Waals surface area contributed by atoms with Gasteiger partial charge < -0.3 is 10.1 Å². The number of hydrogen-bond acceptors (Lipinski definition) is 7. The standard InChI is InChI=1S/C16H15N5O5/c1-26-14-3-2-12(8-13(14)21(24)25)10-19-20-16(23)15(22)18-9-11-4-6-17-7-5-11/h2-8,10H,9H2,1H3,(H,18,22)(H,20,23)/b19-10-. The number of hydrazone groups is 1. The third-order valence-corrected chi connectivity index (χ3v) is 3.19. The number of ether oxygens (including phenoxy) is 1. The number of nitro groups is 1. The largest absolute Gasteiger partial charge is 0.490 e. The summed E-state index contributed by atoms with van der Waals surface area (Å²) in [5, 5.41) is 17.0. The van der Waals surface area contributed by atoms with E-state index in [1.54, 1.807) is 24.5 Å². The Morgan fingerprint density at radius 2 is 2.00 bits per heavy atom. The van der Waals surface area contributed by atoms with E-state index < -0.39 is 16.7 Å². The Bertz CT molecular complexity index is 838. The first-order valence-corrected chi connectivity index (χ1v) is 7.34. The molecule has 1 heterocycles. The van der Waals surface area contributed by atoms with E-state index in [4.69, 9.17) is 4.74 Å². The number of nitrogens with one attached hydrogen (secondary N) is 2. The van der Waals surface area contributed by atoms with Gasteiger partial charge in [0, 0.05) is 30.6 Å². The van der Waals surface area contributed by atoms with Crippen LogP contribution in [0.5, 0.6) is 5.75 Å². The maximum absolute atomic E-state index is 11.7. The molecule has 2 amide bonds. The van der Waals surface area contributed by atoms with Gasteiger partial charge in [-0.15, -0.1) is 0 Å². The number of methoxy groups -OCH3 is 1. The van der Waals surface area contributed by atoms with Crippen molar-refractivity contribution in [3.63, 3.8) is 0 Å². The summed E-state index contributed by atoms with van der Waals surface area (Å²) in [5.41, 5.74) is 2.96. The minimum atomic E-state index is -0.960. The molecule has 2 N–H and O–H groups in total. The van der Waals surface area contributed by atoms with Crippen LogP contribution in [-0.2, 0) is 16.1 Å². The second-order valence-electron chi connectivity index (χ2n) is 4.93. The molecule has 1 aromatic carbocycles. The average Bonchev–Trinajstić information content (AvgIpc) is 2.66. The zero-order valence-corrected chi connectivity index (χ0v) is 13.7. The quantitative estimate of drug-likeness (QED) is 0.339. The summed E-state index contributed by atoms with van der Waals surface area (Å²) in [7, 11) is 1.32. The summed E-state index contributed by atoms with van der Waals surface area (Å²) in [4.78, 5) is 37.5. The van der Waals surface area contributed by atoms with Gasteiger partial charge in [-0.1, -0.05) is 0 Å². The van der Waals surface area contributed by atoms with Gasteiger partial charge in [-0.2, -0.15) is 5.10 Å². The van der Waals surface area contributed by atoms with E-state index in [0.29, 0.717) is 5.56 Å². The number of aromatic nitrogens is 1. The zero-order chi connectivity index (χ0) is 18.9. The number of amides is 2. The molecular formula is C16H15N5O5. The molecule has 0 fully saturated rings. The van der Waals surface area contributed by atoms with Crippen molar-refractivity contribution in [2.45, 2.75) is 6.54 Å². The number of benzene rings is 1. The molecule has 2 rings (SSSR count). The lowest BCUT2D eigenvalue weighted by molar-refractivity contribution is -0.385. The van der Waals surface area contributed by atoms with Gasteiger partial charge in [0.1, 0.15) is 0 Å². The molecule has 0 atom stereocenters. The van der Waals surface area contributed by atoms with Crippen molar-refractivity contribution in [1.29, 1.82) is 0 Å². The maximum Gasteiger partial charge on any atom is 0.329 e. The summed E-state index contributed by atoms with van der Waals surface area (Å²) >= 11 is 0. The Kier molecular flexibility index (Phi) is 6.32. The predicted octanol–water partition coefficient (Wildman–Crippen LogP) is 0.765. The topological polar surface area (TPSA) is 136 Å². The van der Waals surface area contributed by atoms with E-state index >= 15 is 0 Å². The average molecular weight is 357 g/mol. The number of pyridine rings is 1. The fourth-order valence-corrected chi connectivity index (χ4v) is 1.91. The minimum absolute atomic E-state index is 0.103. The lowest BCUT2D eigenvalue weighted by Crippen LogP contribution is -2.37. The molecule has 10 heteroatoms. The highest BCUT2D eigenvalue weighted by Gasteiger charge is 2.15. The molecule has 0 unspecified atom stereocenters. The Hall–Kier alpha value is -3.82. The number of carbonyl (C=O) groups excluding carboxylic acids is 2. The van der Waals surface area contributed by atoms with Crippen LogP contribution in [-0.4, -0.2) is 35.0 Å². The first-order valence-electron chi connectivity index (χ1n) is 7.34. The summed E-state index contributed by atoms with van der Waals surface area (Å²) in [6, 6.07) is 7.56. The molecular weight excluding hydrogens is 342 g/mol. The van der Waals surface area contributed by atoms with Gasteiger partial charge in [0.25, 0.3) is 0 Å². The van der Waals surface area contributed by atoms with Crippen LogP contribution in [0.3, 0.4) is 0 Å². The van der Waals surface area contributed by atoms with Gasteiger partial charge in [-0.3, -0.25) is 24.7 Å². The maximum atomic E-state index is 11.7. The molecule has 0 aliphatic rings. The van der Waals surface area contributed by atoms with Crippen molar-refractivity contribution in [3.05, 3.63) is 64.0 Å². The summed E-state index contributed by atoms with van der Waals surface area (Å²) < 4.78 is 4.89. The monoisotopic (exact) mass is 357 g/mol. The molecule has 2 aromatic rings. The smallest absolute Gasteiger partial charge is 0.329 e. The van der Waals surface area contributed by atoms with Gasteiger partial charge in [-0.05, 0) is 29.8 Å². The van der Waals surface area contributed by atoms with Crippen LogP contribution in [0, 0.1) is 10.1 Å². The van der Waals surface area contributed by atoms with Crippen LogP contribution in [0.1, 0.15) is 11.1 Å². The molecule has 0 saturated carbocycles. The summed E-state index contributed by atoms with van der Waals surface area (Å²) in [6.07, 6.45) is 4.32. The minimum Gasteiger partial charge on any atom is -0.490 e. The Morgan fingerprint density at radius 1 is 1.27 bits per heavy atom. The van der Waals surface area contributed by atoms with Crippen molar-refractivity contribution >= 4 is 23.7 Å². The van der Waals surface area contributed by atoms with E-state index in [2.05, 4.69) is 15.4 Å². The fraction of sp³-hybridized carbons (Fsp3) is 0.125. The molecule has 0 aliphatic heterocycles. The van der Waals surface area contributed by atoms with E-state index in [0.717, 1.165) is 5.56 Å². The van der Waals surface area contributed by atoms with Gasteiger partial charge >= 0.3 is 17.5 Å². The number of nitrogens with zero attached hydrogens (tertiary/aromatic N) is 3. The second-order valence-corrected chi connectivity index (χ2v) is 4.93. The van der Waals surface area contributed by atoms with Crippen molar-refractivity contribution in [3.8, 4) is 5.75 Å². The molecule has 1 aromatic heterocycles. The first-order chi connectivity index (χ1) is 12.5. The van der Waals surface area contributed by atoms with Gasteiger partial charge in [0.15, 0.2) is 5.75 Å². The Balaban J connectivity index is 1.91. The first kappa shape index (κ1) is 18.5. The van der Waals surface area contributed by atoms with Gasteiger partial charge in [0.2, 0.25) is 0 Å². The van der Waals surface area contributed by atoms with E-state index in [-0.39, 0.29) is 18.0 Å². The third kappa shape index (κ3) is 5.09. The highest BCUT2D eigenvalue weighted by atomic mass is 16.6. The molecule has 0 radical (unpaired) electrons. The molecule has 10 nitrogen and oxygen atoms in total. The van der Waals surface area contributed by atoms with Crippen molar-refractivity contribution < 1.29 is 19.2 Å². The lowest BCUT2D eigenvalue weighted by Gasteiger charge is -2.04. The second kappa shape index (κ2) is 8.87. The van der Waals surface area contributed by atoms with Gasteiger partial charge in [-0.25, -0.2) is 5.43 Å². The number of nitro benzene ring substituents is 1. The number of rotatable bonds is 6. The number of hydrogen-bond donors (Lipinski definition) is 2. The van der Waals surface area contributed by atoms with Crippen LogP contribution >= 0.6 is 0 Å². The molecule has 26 heavy (non-hydrogen) atoms. The van der Waals surface area contributed by atoms with E-state index in [1.807, 2.05) is 5.43 Å². The molecule has 0 saturated heterocycles. The molecule has 0 spiro atoms. The fourth-order valence-electron chi connectivity index (χ4n) is 1.91. The predicted molar refractivity (Wildman–Crippen MR) is 91.5 cm³/mol. The van der Waals surface area contributed by atoms with Crippen LogP contribution in [0.25, 0.3) is 0 Å². The zero-order valence-electron chi connectivity index (χ0n) is 13.7. The van der Waals surface area contributed by atoms with E-state index in [1.165, 1.54) is 31.5 Å².